The number of halogens is 3. The van der Waals surface area contributed by atoms with E-state index in [1.54, 1.807) is 0 Å². The molecular weight excluding hydrogens is 229 g/mol. The number of allylic oxidation sites excluding steroid dienone is 1. The van der Waals surface area contributed by atoms with Gasteiger partial charge in [-0.3, -0.25) is 4.21 Å². The molecule has 13 heavy (non-hydrogen) atoms. The summed E-state index contributed by atoms with van der Waals surface area (Å²) in [6.45, 7) is 0. The number of hydrogen-bond acceptors (Lipinski definition) is 3. The molecule has 3 nitrogen and oxygen atoms in total. The zero-order valence-electron chi connectivity index (χ0n) is 6.75. The molecule has 0 aromatic rings. The highest BCUT2D eigenvalue weighted by atomic mass is 32.3. The third-order valence-electron chi connectivity index (χ3n) is 0.930. The average molecular weight is 236 g/mol. The second-order valence-electron chi connectivity index (χ2n) is 2.23. The largest absolute Gasteiger partial charge is 0.411 e. The molecule has 0 N–H and O–H groups in total. The van der Waals surface area contributed by atoms with Gasteiger partial charge in [0.1, 0.15) is 4.24 Å². The highest BCUT2D eigenvalue weighted by Crippen LogP contribution is 2.22. The first-order chi connectivity index (χ1) is 5.54. The van der Waals surface area contributed by atoms with Crippen molar-refractivity contribution in [2.45, 2.75) is 6.18 Å². The van der Waals surface area contributed by atoms with Crippen molar-refractivity contribution in [2.24, 2.45) is 0 Å². The van der Waals surface area contributed by atoms with Gasteiger partial charge in [0, 0.05) is 18.6 Å². The summed E-state index contributed by atoms with van der Waals surface area (Å²) < 4.78 is 66.1. The Labute approximate surface area is 76.0 Å². The van der Waals surface area contributed by atoms with Crippen LogP contribution in [0, 0.1) is 0 Å². The smallest absolute Gasteiger partial charge is 0.254 e. The fraction of sp³-hybridized carbons (Fsp3) is 0.600. The second-order valence-corrected chi connectivity index (χ2v) is 5.82. The van der Waals surface area contributed by atoms with Crippen molar-refractivity contribution in [3.8, 4) is 0 Å². The molecule has 0 aromatic carbocycles. The third kappa shape index (κ3) is 5.04. The molecule has 1 atom stereocenters. The van der Waals surface area contributed by atoms with Crippen LogP contribution >= 0.6 is 0 Å². The van der Waals surface area contributed by atoms with Gasteiger partial charge in [-0.15, -0.1) is 0 Å². The molecule has 78 valence electrons. The Hall–Kier alpha value is -0.370. The van der Waals surface area contributed by atoms with Gasteiger partial charge in [0.05, 0.1) is 10.8 Å². The summed E-state index contributed by atoms with van der Waals surface area (Å²) in [5.74, 6) is 0. The van der Waals surface area contributed by atoms with Gasteiger partial charge in [-0.25, -0.2) is 8.42 Å². The number of alkyl halides is 3. The summed E-state index contributed by atoms with van der Waals surface area (Å²) in [6.07, 6.45) is -3.78. The lowest BCUT2D eigenvalue weighted by atomic mass is 10.6. The lowest BCUT2D eigenvalue weighted by Crippen LogP contribution is -2.12. The zero-order valence-corrected chi connectivity index (χ0v) is 8.39. The summed E-state index contributed by atoms with van der Waals surface area (Å²) >= 11 is 0. The molecule has 0 fully saturated rings. The van der Waals surface area contributed by atoms with Crippen LogP contribution in [0.5, 0.6) is 0 Å². The lowest BCUT2D eigenvalue weighted by Gasteiger charge is -2.03. The molecule has 0 saturated heterocycles. The molecule has 0 heterocycles. The first-order valence-electron chi connectivity index (χ1n) is 2.87. The van der Waals surface area contributed by atoms with E-state index in [0.29, 0.717) is 6.26 Å². The van der Waals surface area contributed by atoms with E-state index >= 15 is 0 Å². The highest BCUT2D eigenvalue weighted by molar-refractivity contribution is 8.11. The van der Waals surface area contributed by atoms with Gasteiger partial charge in [0.25, 0.3) is 0 Å². The van der Waals surface area contributed by atoms with Crippen molar-refractivity contribution in [1.82, 2.24) is 0 Å². The Morgan fingerprint density at radius 3 is 1.85 bits per heavy atom. The van der Waals surface area contributed by atoms with Gasteiger partial charge in [-0.05, 0) is 0 Å². The maximum Gasteiger partial charge on any atom is 0.411 e. The van der Waals surface area contributed by atoms with Gasteiger partial charge in [0.15, 0.2) is 9.84 Å². The van der Waals surface area contributed by atoms with Crippen LogP contribution in [0.4, 0.5) is 13.2 Å². The summed E-state index contributed by atoms with van der Waals surface area (Å²) in [4.78, 5) is 0. The van der Waals surface area contributed by atoms with Crippen LogP contribution in [0.25, 0.3) is 0 Å². The molecule has 0 aliphatic rings. The maximum absolute atomic E-state index is 11.7. The van der Waals surface area contributed by atoms with Crippen LogP contribution in [-0.4, -0.2) is 31.3 Å². The molecule has 0 aromatic heterocycles. The minimum absolute atomic E-state index is 0.460. The Balaban J connectivity index is 5.33. The van der Waals surface area contributed by atoms with Gasteiger partial charge < -0.3 is 0 Å². The molecule has 0 aliphatic carbocycles. The van der Waals surface area contributed by atoms with E-state index in [0.717, 1.165) is 6.26 Å². The second kappa shape index (κ2) is 3.79. The number of sulfone groups is 1. The predicted molar refractivity (Wildman–Crippen MR) is 43.0 cm³/mol. The van der Waals surface area contributed by atoms with Crippen LogP contribution < -0.4 is 0 Å². The lowest BCUT2D eigenvalue weighted by molar-refractivity contribution is -0.0798. The Morgan fingerprint density at radius 2 is 1.77 bits per heavy atom. The third-order valence-corrected chi connectivity index (χ3v) is 4.08. The first kappa shape index (κ1) is 12.6. The van der Waals surface area contributed by atoms with E-state index in [-0.39, 0.29) is 0 Å². The SMILES string of the molecule is CS(=O)/C(=C\C(F)(F)F)S(C)(=O)=O. The van der Waals surface area contributed by atoms with Crippen molar-refractivity contribution < 1.29 is 25.8 Å². The van der Waals surface area contributed by atoms with E-state index in [9.17, 15) is 25.8 Å². The molecule has 0 bridgehead atoms. The fourth-order valence-corrected chi connectivity index (χ4v) is 2.89. The van der Waals surface area contributed by atoms with Crippen molar-refractivity contribution in [2.75, 3.05) is 12.5 Å². The standard InChI is InChI=1S/C5H7F3O3S2/c1-12(9)4(13(2,10)11)3-5(6,7)8/h3H,1-2H3/b4-3+. The minimum atomic E-state index is -4.77. The molecule has 0 amide bonds. The van der Waals surface area contributed by atoms with E-state index in [1.807, 2.05) is 0 Å². The van der Waals surface area contributed by atoms with Crippen molar-refractivity contribution in [1.29, 1.82) is 0 Å². The van der Waals surface area contributed by atoms with Crippen LogP contribution in [-0.2, 0) is 20.6 Å². The summed E-state index contributed by atoms with van der Waals surface area (Å²) in [5.41, 5.74) is 0. The summed E-state index contributed by atoms with van der Waals surface area (Å²) in [6, 6.07) is 0. The molecule has 0 radical (unpaired) electrons. The van der Waals surface area contributed by atoms with Crippen LogP contribution in [0.2, 0.25) is 0 Å². The normalized spacial score (nSPS) is 17.2. The molecule has 0 rings (SSSR count). The van der Waals surface area contributed by atoms with E-state index in [1.165, 1.54) is 0 Å². The van der Waals surface area contributed by atoms with Crippen molar-refractivity contribution in [3.63, 3.8) is 0 Å². The Kier molecular flexibility index (Phi) is 3.68. The molecule has 8 heteroatoms. The van der Waals surface area contributed by atoms with Crippen molar-refractivity contribution >= 4 is 20.6 Å². The zero-order chi connectivity index (χ0) is 10.9. The molecule has 1 unspecified atom stereocenters. The van der Waals surface area contributed by atoms with Gasteiger partial charge in [0.2, 0.25) is 0 Å². The highest BCUT2D eigenvalue weighted by Gasteiger charge is 2.29. The summed E-state index contributed by atoms with van der Waals surface area (Å²) in [7, 11) is -6.22. The molecular formula is C5H7F3O3S2. The van der Waals surface area contributed by atoms with Crippen LogP contribution in [0.15, 0.2) is 10.3 Å². The predicted octanol–water partition coefficient (Wildman–Crippen LogP) is 0.813. The van der Waals surface area contributed by atoms with E-state index in [4.69, 9.17) is 0 Å². The Morgan fingerprint density at radius 1 is 1.38 bits per heavy atom. The van der Waals surface area contributed by atoms with E-state index < -0.39 is 37.1 Å². The van der Waals surface area contributed by atoms with Gasteiger partial charge in [-0.2, -0.15) is 13.2 Å². The van der Waals surface area contributed by atoms with E-state index in [2.05, 4.69) is 0 Å². The quantitative estimate of drug-likeness (QED) is 0.713. The van der Waals surface area contributed by atoms with Gasteiger partial charge >= 0.3 is 6.18 Å². The molecule has 0 spiro atoms. The average Bonchev–Trinajstić information content (AvgIpc) is 1.77. The number of hydrogen-bond donors (Lipinski definition) is 0. The van der Waals surface area contributed by atoms with Crippen LogP contribution in [0.3, 0.4) is 0 Å². The fourth-order valence-electron chi connectivity index (χ4n) is 0.537. The minimum Gasteiger partial charge on any atom is -0.254 e. The summed E-state index contributed by atoms with van der Waals surface area (Å²) in [5, 5.41) is 0. The number of rotatable bonds is 2. The maximum atomic E-state index is 11.7. The van der Waals surface area contributed by atoms with Crippen molar-refractivity contribution in [3.05, 3.63) is 10.3 Å². The van der Waals surface area contributed by atoms with Gasteiger partial charge in [-0.1, -0.05) is 0 Å². The molecule has 0 aliphatic heterocycles. The topological polar surface area (TPSA) is 51.2 Å². The van der Waals surface area contributed by atoms with Crippen LogP contribution in [0.1, 0.15) is 0 Å². The Bertz CT molecular complexity index is 339. The monoisotopic (exact) mass is 236 g/mol. The first-order valence-corrected chi connectivity index (χ1v) is 6.32. The molecule has 0 saturated carbocycles.